The molecule has 3 rings (SSSR count). The van der Waals surface area contributed by atoms with E-state index in [0.717, 1.165) is 22.7 Å². The van der Waals surface area contributed by atoms with Crippen molar-refractivity contribution < 1.29 is 9.47 Å². The summed E-state index contributed by atoms with van der Waals surface area (Å²) < 4.78 is 13.0. The van der Waals surface area contributed by atoms with E-state index in [0.29, 0.717) is 31.5 Å². The van der Waals surface area contributed by atoms with Crippen LogP contribution in [0.3, 0.4) is 0 Å². The highest BCUT2D eigenvalue weighted by Gasteiger charge is 2.07. The lowest BCUT2D eigenvalue weighted by Gasteiger charge is -2.14. The van der Waals surface area contributed by atoms with Gasteiger partial charge in [0.25, 0.3) is 0 Å². The first-order valence-electron chi connectivity index (χ1n) is 9.25. The van der Waals surface area contributed by atoms with Gasteiger partial charge in [0.15, 0.2) is 5.96 Å². The molecule has 0 radical (unpaired) electrons. The van der Waals surface area contributed by atoms with Crippen LogP contribution in [0.25, 0.3) is 5.69 Å². The molecule has 28 heavy (non-hydrogen) atoms. The number of nitrogens with two attached hydrogens (primary N) is 1. The number of hydrogen-bond acceptors (Lipinski definition) is 4. The minimum Gasteiger partial charge on any atom is -0.494 e. The van der Waals surface area contributed by atoms with E-state index in [1.54, 1.807) is 6.20 Å². The monoisotopic (exact) mass is 379 g/mol. The van der Waals surface area contributed by atoms with Crippen LogP contribution in [-0.4, -0.2) is 29.0 Å². The Hall–Kier alpha value is -3.48. The van der Waals surface area contributed by atoms with Gasteiger partial charge in [-0.25, -0.2) is 9.67 Å². The molecule has 2 aromatic carbocycles. The third kappa shape index (κ3) is 5.03. The first-order valence-corrected chi connectivity index (χ1v) is 9.25. The van der Waals surface area contributed by atoms with Crippen molar-refractivity contribution in [3.05, 3.63) is 66.5 Å². The zero-order valence-corrected chi connectivity index (χ0v) is 16.1. The van der Waals surface area contributed by atoms with Gasteiger partial charge in [0.05, 0.1) is 31.1 Å². The van der Waals surface area contributed by atoms with E-state index in [2.05, 4.69) is 15.4 Å². The first-order chi connectivity index (χ1) is 13.7. The molecule has 7 nitrogen and oxygen atoms in total. The first kappa shape index (κ1) is 19.3. The molecule has 0 aliphatic carbocycles. The lowest BCUT2D eigenvalue weighted by molar-refractivity contribution is 0.332. The van der Waals surface area contributed by atoms with E-state index in [4.69, 9.17) is 15.2 Å². The van der Waals surface area contributed by atoms with Gasteiger partial charge in [0.1, 0.15) is 11.5 Å². The fraction of sp³-hybridized carbons (Fsp3) is 0.238. The van der Waals surface area contributed by atoms with Gasteiger partial charge >= 0.3 is 0 Å². The van der Waals surface area contributed by atoms with Crippen LogP contribution in [0.1, 0.15) is 19.4 Å². The summed E-state index contributed by atoms with van der Waals surface area (Å²) in [6.45, 7) is 5.47. The summed E-state index contributed by atoms with van der Waals surface area (Å²) in [7, 11) is 0. The smallest absolute Gasteiger partial charge is 0.193 e. The van der Waals surface area contributed by atoms with Crippen LogP contribution in [-0.2, 0) is 6.54 Å². The molecule has 3 aromatic rings. The maximum atomic E-state index is 6.10. The van der Waals surface area contributed by atoms with E-state index in [9.17, 15) is 0 Å². The molecule has 1 heterocycles. The second kappa shape index (κ2) is 9.45. The van der Waals surface area contributed by atoms with Gasteiger partial charge in [0, 0.05) is 18.5 Å². The third-order valence-corrected chi connectivity index (χ3v) is 3.94. The van der Waals surface area contributed by atoms with Crippen molar-refractivity contribution >= 4 is 11.6 Å². The van der Waals surface area contributed by atoms with Gasteiger partial charge in [-0.15, -0.1) is 0 Å². The van der Waals surface area contributed by atoms with Crippen molar-refractivity contribution in [1.29, 1.82) is 0 Å². The summed E-state index contributed by atoms with van der Waals surface area (Å²) >= 11 is 0. The zero-order chi connectivity index (χ0) is 19.8. The molecule has 0 aliphatic heterocycles. The molecule has 0 amide bonds. The van der Waals surface area contributed by atoms with Gasteiger partial charge in [0.2, 0.25) is 0 Å². The fourth-order valence-corrected chi connectivity index (χ4v) is 2.72. The summed E-state index contributed by atoms with van der Waals surface area (Å²) in [6.07, 6.45) is 3.65. The Bertz CT molecular complexity index is 922. The SMILES string of the molecule is CCOc1ccc(OCC)c(NC(N)=NCc2cccc(-n3cccn3)c2)c1. The minimum absolute atomic E-state index is 0.305. The maximum Gasteiger partial charge on any atom is 0.193 e. The molecule has 1 aromatic heterocycles. The van der Waals surface area contributed by atoms with Crippen molar-refractivity contribution in [3.63, 3.8) is 0 Å². The standard InChI is InChI=1S/C21H25N5O2/c1-3-27-18-9-10-20(28-4-2)19(14-18)25-21(22)23-15-16-7-5-8-17(13-16)26-12-6-11-24-26/h5-14H,3-4,15H2,1-2H3,(H3,22,23,25). The van der Waals surface area contributed by atoms with Crippen molar-refractivity contribution in [2.45, 2.75) is 20.4 Å². The molecule has 0 fully saturated rings. The van der Waals surface area contributed by atoms with Gasteiger partial charge in [-0.3, -0.25) is 0 Å². The van der Waals surface area contributed by atoms with Gasteiger partial charge < -0.3 is 20.5 Å². The van der Waals surface area contributed by atoms with Crippen LogP contribution >= 0.6 is 0 Å². The largest absolute Gasteiger partial charge is 0.494 e. The molecule has 0 saturated heterocycles. The Morgan fingerprint density at radius 1 is 1.11 bits per heavy atom. The van der Waals surface area contributed by atoms with Crippen LogP contribution in [0.5, 0.6) is 11.5 Å². The van der Waals surface area contributed by atoms with Crippen LogP contribution in [0.2, 0.25) is 0 Å². The highest BCUT2D eigenvalue weighted by molar-refractivity contribution is 5.94. The van der Waals surface area contributed by atoms with Gasteiger partial charge in [-0.1, -0.05) is 12.1 Å². The normalized spacial score (nSPS) is 11.3. The molecule has 0 unspecified atom stereocenters. The number of guanidine groups is 1. The minimum atomic E-state index is 0.305. The quantitative estimate of drug-likeness (QED) is 0.461. The average molecular weight is 379 g/mol. The molecule has 7 heteroatoms. The number of rotatable bonds is 8. The van der Waals surface area contributed by atoms with E-state index >= 15 is 0 Å². The van der Waals surface area contributed by atoms with E-state index in [1.807, 2.05) is 73.3 Å². The van der Waals surface area contributed by atoms with Crippen LogP contribution in [0.4, 0.5) is 5.69 Å². The molecule has 0 bridgehead atoms. The number of anilines is 1. The Morgan fingerprint density at radius 2 is 1.96 bits per heavy atom. The third-order valence-electron chi connectivity index (χ3n) is 3.94. The summed E-state index contributed by atoms with van der Waals surface area (Å²) in [5, 5.41) is 7.36. The molecular weight excluding hydrogens is 354 g/mol. The number of benzene rings is 2. The van der Waals surface area contributed by atoms with Crippen molar-refractivity contribution in [2.24, 2.45) is 10.7 Å². The summed E-state index contributed by atoms with van der Waals surface area (Å²) in [6, 6.07) is 15.5. The van der Waals surface area contributed by atoms with Gasteiger partial charge in [-0.2, -0.15) is 5.10 Å². The molecule has 0 atom stereocenters. The fourth-order valence-electron chi connectivity index (χ4n) is 2.72. The highest BCUT2D eigenvalue weighted by Crippen LogP contribution is 2.29. The molecule has 0 saturated carbocycles. The molecule has 146 valence electrons. The average Bonchev–Trinajstić information content (AvgIpc) is 3.24. The Labute approximate surface area is 164 Å². The molecular formula is C21H25N5O2. The Kier molecular flexibility index (Phi) is 6.51. The topological polar surface area (TPSA) is 86.7 Å². The second-order valence-corrected chi connectivity index (χ2v) is 5.97. The van der Waals surface area contributed by atoms with E-state index in [1.165, 1.54) is 0 Å². The number of aliphatic imine (C=N–C) groups is 1. The number of aromatic nitrogens is 2. The summed E-state index contributed by atoms with van der Waals surface area (Å²) in [5.41, 5.74) is 8.83. The van der Waals surface area contributed by atoms with Crippen LogP contribution in [0.15, 0.2) is 65.9 Å². The second-order valence-electron chi connectivity index (χ2n) is 5.97. The van der Waals surface area contributed by atoms with Gasteiger partial charge in [-0.05, 0) is 49.7 Å². The maximum absolute atomic E-state index is 6.10. The van der Waals surface area contributed by atoms with E-state index < -0.39 is 0 Å². The van der Waals surface area contributed by atoms with Crippen molar-refractivity contribution in [3.8, 4) is 17.2 Å². The molecule has 3 N–H and O–H groups in total. The summed E-state index contributed by atoms with van der Waals surface area (Å²) in [4.78, 5) is 4.45. The zero-order valence-electron chi connectivity index (χ0n) is 16.1. The van der Waals surface area contributed by atoms with E-state index in [-0.39, 0.29) is 0 Å². The molecule has 0 aliphatic rings. The number of ether oxygens (including phenoxy) is 2. The molecule has 0 spiro atoms. The number of nitrogens with one attached hydrogen (secondary N) is 1. The Balaban J connectivity index is 1.72. The summed E-state index contributed by atoms with van der Waals surface area (Å²) in [5.74, 6) is 1.75. The van der Waals surface area contributed by atoms with Crippen LogP contribution in [0, 0.1) is 0 Å². The predicted octanol–water partition coefficient (Wildman–Crippen LogP) is 3.60. The Morgan fingerprint density at radius 3 is 2.71 bits per heavy atom. The lowest BCUT2D eigenvalue weighted by Crippen LogP contribution is -2.23. The van der Waals surface area contributed by atoms with Crippen molar-refractivity contribution in [1.82, 2.24) is 9.78 Å². The number of hydrogen-bond donors (Lipinski definition) is 2. The lowest BCUT2D eigenvalue weighted by atomic mass is 10.2. The number of nitrogens with zero attached hydrogens (tertiary/aromatic N) is 3. The predicted molar refractivity (Wildman–Crippen MR) is 111 cm³/mol. The van der Waals surface area contributed by atoms with Crippen molar-refractivity contribution in [2.75, 3.05) is 18.5 Å². The van der Waals surface area contributed by atoms with Crippen LogP contribution < -0.4 is 20.5 Å². The highest BCUT2D eigenvalue weighted by atomic mass is 16.5.